The summed E-state index contributed by atoms with van der Waals surface area (Å²) in [6.07, 6.45) is 3.25. The van der Waals surface area contributed by atoms with Crippen LogP contribution in [0.25, 0.3) is 17.5 Å². The maximum atomic E-state index is 14.6. The molecule has 2 aliphatic heterocycles. The van der Waals surface area contributed by atoms with E-state index in [2.05, 4.69) is 25.3 Å². The third-order valence-corrected chi connectivity index (χ3v) is 13.2. The third kappa shape index (κ3) is 12.7. The van der Waals surface area contributed by atoms with Crippen LogP contribution in [0.3, 0.4) is 0 Å². The number of benzene rings is 1. The number of ether oxygens (including phenoxy) is 6. The summed E-state index contributed by atoms with van der Waals surface area (Å²) in [5.74, 6) is -5.93. The van der Waals surface area contributed by atoms with Gasteiger partial charge < -0.3 is 49.5 Å². The molecule has 2 fully saturated rings. The molecule has 5 rings (SSSR count). The van der Waals surface area contributed by atoms with Crippen molar-refractivity contribution in [1.82, 2.24) is 30.2 Å². The van der Waals surface area contributed by atoms with E-state index in [1.54, 1.807) is 59.2 Å². The van der Waals surface area contributed by atoms with E-state index in [4.69, 9.17) is 34.2 Å². The number of aliphatic hydroxyl groups is 1. The van der Waals surface area contributed by atoms with Gasteiger partial charge in [-0.2, -0.15) is 0 Å². The number of ketones is 1. The Hall–Kier alpha value is -5.73. The van der Waals surface area contributed by atoms with E-state index < -0.39 is 102 Å². The lowest BCUT2D eigenvalue weighted by Crippen LogP contribution is -2.63. The highest BCUT2D eigenvalue weighted by Gasteiger charge is 2.55. The Morgan fingerprint density at radius 3 is 2.31 bits per heavy atom. The summed E-state index contributed by atoms with van der Waals surface area (Å²) >= 11 is 0. The lowest BCUT2D eigenvalue weighted by molar-refractivity contribution is -0.298. The summed E-state index contributed by atoms with van der Waals surface area (Å²) in [7, 11) is 3.63. The van der Waals surface area contributed by atoms with Gasteiger partial charge in [0.25, 0.3) is 6.47 Å². The van der Waals surface area contributed by atoms with E-state index in [1.807, 2.05) is 56.3 Å². The van der Waals surface area contributed by atoms with Crippen LogP contribution < -0.4 is 11.1 Å². The molecule has 0 saturated carbocycles. The number of nitrogens with two attached hydrogens (primary N) is 1. The van der Waals surface area contributed by atoms with E-state index in [-0.39, 0.29) is 37.3 Å². The molecule has 2 aliphatic rings. The van der Waals surface area contributed by atoms with Crippen molar-refractivity contribution < 1.29 is 57.5 Å². The Bertz CT molecular complexity index is 2190. The minimum Gasteiger partial charge on any atom is -0.458 e. The highest BCUT2D eigenvalue weighted by molar-refractivity contribution is 5.87. The van der Waals surface area contributed by atoms with Gasteiger partial charge in [-0.1, -0.05) is 64.1 Å². The van der Waals surface area contributed by atoms with Gasteiger partial charge in [0.05, 0.1) is 24.3 Å². The number of hydrogen-bond donors (Lipinski definition) is 3. The normalized spacial score (nSPS) is 33.0. The van der Waals surface area contributed by atoms with Crippen LogP contribution in [0.15, 0.2) is 67.4 Å². The first kappa shape index (κ1) is 53.2. The first-order chi connectivity index (χ1) is 32.2. The van der Waals surface area contributed by atoms with Crippen molar-refractivity contribution in [2.45, 2.75) is 135 Å². The summed E-state index contributed by atoms with van der Waals surface area (Å²) in [6.45, 7) is 13.2. The second-order valence-corrected chi connectivity index (χ2v) is 18.5. The predicted octanol–water partition coefficient (Wildman–Crippen LogP) is 4.57. The van der Waals surface area contributed by atoms with Gasteiger partial charge in [0.15, 0.2) is 23.4 Å². The number of amides is 1. The van der Waals surface area contributed by atoms with E-state index in [1.165, 1.54) is 32.4 Å². The Balaban J connectivity index is 1.59. The zero-order valence-corrected chi connectivity index (χ0v) is 40.5. The maximum Gasteiger partial charge on any atom is 0.408 e. The van der Waals surface area contributed by atoms with Crippen molar-refractivity contribution in [3.05, 3.63) is 78.6 Å². The van der Waals surface area contributed by atoms with Gasteiger partial charge in [-0.15, -0.1) is 0 Å². The second kappa shape index (κ2) is 23.5. The smallest absolute Gasteiger partial charge is 0.408 e. The number of nitrogens with one attached hydrogen (secondary N) is 1. The fraction of sp³-hybridized carbons (Fsp3) is 0.571. The number of esters is 2. The van der Waals surface area contributed by atoms with Gasteiger partial charge in [-0.25, -0.2) is 24.5 Å². The molecule has 0 unspecified atom stereocenters. The molecule has 0 aliphatic carbocycles. The number of hydrogen-bond acceptors (Lipinski definition) is 18. The lowest BCUT2D eigenvalue weighted by atomic mass is 9.73. The van der Waals surface area contributed by atoms with Gasteiger partial charge >= 0.3 is 18.0 Å². The first-order valence-corrected chi connectivity index (χ1v) is 23.0. The number of aromatic nitrogens is 4. The Morgan fingerprint density at radius 2 is 1.69 bits per heavy atom. The molecule has 370 valence electrons. The van der Waals surface area contributed by atoms with Gasteiger partial charge in [0, 0.05) is 60.7 Å². The molecular weight excluding hydrogens is 879 g/mol. The van der Waals surface area contributed by atoms with E-state index in [0.29, 0.717) is 12.2 Å². The SMILES string of the molecule is CC[C@H]1OC(=O)[C@H](C)[C@@H](OC(=O)c2cnccn2)[C@H](C)[C@@H](O[C@@H]2O[C@H](C)C[C@H](N(C)C)[C@H]2O)[C@](C)(OC(=O)NC/C=C/c2ccc(-c3ncccn3)cc2)C[C@@H](C)C(=O)[C@H](C)[C@@H](N)[C@]1(C)OC=O. The summed E-state index contributed by atoms with van der Waals surface area (Å²) in [4.78, 5) is 87.7. The molecule has 2 saturated heterocycles. The Morgan fingerprint density at radius 1 is 1.00 bits per heavy atom. The zero-order valence-electron chi connectivity index (χ0n) is 40.5. The Labute approximate surface area is 397 Å². The minimum absolute atomic E-state index is 0.0154. The van der Waals surface area contributed by atoms with E-state index >= 15 is 0 Å². The fourth-order valence-electron chi connectivity index (χ4n) is 9.33. The summed E-state index contributed by atoms with van der Waals surface area (Å²) in [5.41, 5.74) is 4.80. The van der Waals surface area contributed by atoms with E-state index in [0.717, 1.165) is 11.1 Å². The number of carbonyl (C=O) groups is 5. The quantitative estimate of drug-likeness (QED) is 0.121. The second-order valence-electron chi connectivity index (χ2n) is 18.5. The number of carbonyl (C=O) groups excluding carboxylic acids is 5. The molecule has 19 nitrogen and oxygen atoms in total. The molecule has 0 bridgehead atoms. The highest BCUT2D eigenvalue weighted by Crippen LogP contribution is 2.41. The van der Waals surface area contributed by atoms with Crippen LogP contribution >= 0.6 is 0 Å². The fourth-order valence-corrected chi connectivity index (χ4v) is 9.33. The highest BCUT2D eigenvalue weighted by atomic mass is 16.7. The van der Waals surface area contributed by atoms with Crippen molar-refractivity contribution in [2.24, 2.45) is 29.4 Å². The molecule has 0 spiro atoms. The molecule has 4 heterocycles. The molecule has 0 radical (unpaired) electrons. The largest absolute Gasteiger partial charge is 0.458 e. The number of cyclic esters (lactones) is 1. The number of rotatable bonds is 13. The zero-order chi connectivity index (χ0) is 49.9. The van der Waals surface area contributed by atoms with E-state index in [9.17, 15) is 29.1 Å². The monoisotopic (exact) mass is 945 g/mol. The molecule has 1 amide bonds. The number of Topliss-reactive ketones (excluding diaryl/α,β-unsaturated/α-hetero) is 1. The van der Waals surface area contributed by atoms with Crippen molar-refractivity contribution in [2.75, 3.05) is 20.6 Å². The third-order valence-electron chi connectivity index (χ3n) is 13.2. The summed E-state index contributed by atoms with van der Waals surface area (Å²) in [5, 5.41) is 14.6. The standard InChI is InChI=1S/C49H67N7O12/c1-11-37-49(8,63-27-57)41(50)30(4)38(58)28(2)25-48(7,68-47(62)55-19-12-14-33-15-17-34(18-16-33)43-53-20-13-21-54-43)42(67-46-39(59)36(56(9)10)24-29(3)64-46)31(5)40(32(6)44(60)65-37)66-45(61)35-26-51-22-23-52-35/h12-18,20-23,26-32,36-37,39-42,46,59H,11,19,24-25,50H2,1-10H3,(H,55,62)/b14-12+/t28-,29-,30+,31+,32-,36+,37-,39-,40+,41-,42-,46+,48-,49-/m1/s1. The number of likely N-dealkylation sites (N-methyl/N-ethyl adjacent to an activating group) is 1. The number of alkyl carbamates (subject to hydrolysis) is 1. The molecule has 4 N–H and O–H groups in total. The van der Waals surface area contributed by atoms with Gasteiger partial charge in [0.2, 0.25) is 0 Å². The van der Waals surface area contributed by atoms with Gasteiger partial charge in [-0.3, -0.25) is 19.4 Å². The maximum absolute atomic E-state index is 14.6. The van der Waals surface area contributed by atoms with Crippen molar-refractivity contribution in [1.29, 1.82) is 0 Å². The van der Waals surface area contributed by atoms with Crippen molar-refractivity contribution in [3.8, 4) is 11.4 Å². The van der Waals surface area contributed by atoms with Crippen molar-refractivity contribution in [3.63, 3.8) is 0 Å². The molecule has 68 heavy (non-hydrogen) atoms. The first-order valence-electron chi connectivity index (χ1n) is 23.0. The minimum atomic E-state index is -1.82. The van der Waals surface area contributed by atoms with Crippen LogP contribution in [0.5, 0.6) is 0 Å². The summed E-state index contributed by atoms with van der Waals surface area (Å²) < 4.78 is 37.4. The number of nitrogens with zero attached hydrogens (tertiary/aromatic N) is 5. The number of aliphatic hydroxyl groups excluding tert-OH is 1. The van der Waals surface area contributed by atoms with Crippen LogP contribution in [-0.4, -0.2) is 141 Å². The van der Waals surface area contributed by atoms with Crippen LogP contribution in [0.1, 0.15) is 90.7 Å². The van der Waals surface area contributed by atoms with Crippen molar-refractivity contribution >= 4 is 36.4 Å². The van der Waals surface area contributed by atoms with Crippen LogP contribution in [0.2, 0.25) is 0 Å². The van der Waals surface area contributed by atoms with Gasteiger partial charge in [0.1, 0.15) is 35.8 Å². The molecule has 2 aromatic heterocycles. The van der Waals surface area contributed by atoms with Crippen LogP contribution in [0, 0.1) is 23.7 Å². The molecular formula is C49H67N7O12. The van der Waals surface area contributed by atoms with Crippen LogP contribution in [0.4, 0.5) is 4.79 Å². The lowest BCUT2D eigenvalue weighted by Gasteiger charge is -2.48. The average molecular weight is 946 g/mol. The topological polar surface area (TPSA) is 254 Å². The molecule has 3 aromatic rings. The summed E-state index contributed by atoms with van der Waals surface area (Å²) in [6, 6.07) is 7.64. The Kier molecular flexibility index (Phi) is 18.4. The molecule has 19 heteroatoms. The molecule has 14 atom stereocenters. The van der Waals surface area contributed by atoms with Gasteiger partial charge in [-0.05, 0) is 72.7 Å². The molecule has 1 aromatic carbocycles. The van der Waals surface area contributed by atoms with Crippen LogP contribution in [-0.2, 0) is 42.8 Å². The predicted molar refractivity (Wildman–Crippen MR) is 248 cm³/mol. The average Bonchev–Trinajstić information content (AvgIpc) is 3.32.